The minimum absolute atomic E-state index is 0.215. The van der Waals surface area contributed by atoms with Crippen LogP contribution in [0.2, 0.25) is 0 Å². The molecule has 2 N–H and O–H groups in total. The van der Waals surface area contributed by atoms with Gasteiger partial charge in [0.25, 0.3) is 15.2 Å². The van der Waals surface area contributed by atoms with Crippen molar-refractivity contribution >= 4 is 10.0 Å². The highest BCUT2D eigenvalue weighted by Crippen LogP contribution is 2.08. The molecule has 0 radical (unpaired) electrons. The largest absolute Gasteiger partial charge is 0.383 e. The normalized spacial score (nSPS) is 12.3. The van der Waals surface area contributed by atoms with Crippen molar-refractivity contribution in [2.75, 3.05) is 34.4 Å². The lowest BCUT2D eigenvalue weighted by atomic mass is 10.4. The molecule has 18 heavy (non-hydrogen) atoms. The summed E-state index contributed by atoms with van der Waals surface area (Å²) in [5, 5.41) is 12.4. The predicted octanol–water partition coefficient (Wildman–Crippen LogP) is -1.32. The van der Waals surface area contributed by atoms with Gasteiger partial charge in [-0.05, 0) is 14.1 Å². The molecule has 0 fully saturated rings. The molecule has 1 rings (SSSR count). The Kier molecular flexibility index (Phi) is 5.20. The van der Waals surface area contributed by atoms with E-state index in [9.17, 15) is 8.42 Å². The quantitative estimate of drug-likeness (QED) is 0.662. The number of primary sulfonamides is 1. The number of sulfonamides is 1. The molecule has 0 saturated carbocycles. The molecule has 0 aliphatic heterocycles. The zero-order valence-electron chi connectivity index (χ0n) is 10.8. The molecular formula is C9H19N5O3S. The second-order valence-electron chi connectivity index (χ2n) is 4.14. The fourth-order valence-electron chi connectivity index (χ4n) is 1.45. The van der Waals surface area contributed by atoms with Crippen LogP contribution in [-0.4, -0.2) is 62.4 Å². The Morgan fingerprint density at radius 1 is 1.39 bits per heavy atom. The molecule has 0 amide bonds. The molecule has 1 heterocycles. The molecule has 9 heteroatoms. The van der Waals surface area contributed by atoms with Crippen LogP contribution >= 0.6 is 0 Å². The maximum Gasteiger partial charge on any atom is 0.273 e. The van der Waals surface area contributed by atoms with E-state index in [0.717, 1.165) is 6.54 Å². The molecule has 0 aliphatic carbocycles. The number of ether oxygens (including phenoxy) is 1. The number of nitrogens with two attached hydrogens (primary N) is 1. The summed E-state index contributed by atoms with van der Waals surface area (Å²) in [5.74, 6) is 0.588. The highest BCUT2D eigenvalue weighted by Gasteiger charge is 2.20. The summed E-state index contributed by atoms with van der Waals surface area (Å²) >= 11 is 0. The number of hydrogen-bond donors (Lipinski definition) is 1. The minimum Gasteiger partial charge on any atom is -0.383 e. The average Bonchev–Trinajstić information content (AvgIpc) is 2.66. The molecular weight excluding hydrogens is 258 g/mol. The monoisotopic (exact) mass is 277 g/mol. The lowest BCUT2D eigenvalue weighted by Gasteiger charge is -2.11. The molecule has 0 spiro atoms. The van der Waals surface area contributed by atoms with Gasteiger partial charge in [0.15, 0.2) is 0 Å². The minimum atomic E-state index is -3.86. The Bertz CT molecular complexity index is 482. The van der Waals surface area contributed by atoms with Crippen LogP contribution in [-0.2, 0) is 27.7 Å². The molecule has 0 aromatic carbocycles. The Balaban J connectivity index is 2.99. The van der Waals surface area contributed by atoms with Crippen LogP contribution in [0.15, 0.2) is 5.16 Å². The van der Waals surface area contributed by atoms with Gasteiger partial charge in [-0.15, -0.1) is 10.2 Å². The van der Waals surface area contributed by atoms with Gasteiger partial charge in [0.2, 0.25) is 0 Å². The van der Waals surface area contributed by atoms with Crippen LogP contribution in [0.5, 0.6) is 0 Å². The van der Waals surface area contributed by atoms with E-state index < -0.39 is 10.0 Å². The van der Waals surface area contributed by atoms with Gasteiger partial charge < -0.3 is 9.64 Å². The summed E-state index contributed by atoms with van der Waals surface area (Å²) in [7, 11) is 1.53. The number of methoxy groups -OCH3 is 1. The Hall–Kier alpha value is -1.03. The van der Waals surface area contributed by atoms with E-state index >= 15 is 0 Å². The highest BCUT2D eigenvalue weighted by atomic mass is 32.2. The van der Waals surface area contributed by atoms with E-state index in [4.69, 9.17) is 9.88 Å². The maximum atomic E-state index is 11.4. The van der Waals surface area contributed by atoms with Crippen LogP contribution in [0.25, 0.3) is 0 Å². The molecule has 0 aliphatic rings. The van der Waals surface area contributed by atoms with Crippen molar-refractivity contribution in [1.29, 1.82) is 0 Å². The van der Waals surface area contributed by atoms with Gasteiger partial charge in [0.05, 0.1) is 6.61 Å². The molecule has 104 valence electrons. The number of rotatable bonds is 7. The topological polar surface area (TPSA) is 103 Å². The highest BCUT2D eigenvalue weighted by molar-refractivity contribution is 7.89. The first-order chi connectivity index (χ1) is 8.36. The number of nitrogens with zero attached hydrogens (tertiary/aromatic N) is 4. The third-order valence-electron chi connectivity index (χ3n) is 2.35. The van der Waals surface area contributed by atoms with Gasteiger partial charge >= 0.3 is 0 Å². The maximum absolute atomic E-state index is 11.4. The summed E-state index contributed by atoms with van der Waals surface area (Å²) in [6.07, 6.45) is 0.596. The van der Waals surface area contributed by atoms with E-state index in [2.05, 4.69) is 10.2 Å². The fraction of sp³-hybridized carbons (Fsp3) is 0.778. The summed E-state index contributed by atoms with van der Waals surface area (Å²) < 4.78 is 29.2. The third-order valence-corrected chi connectivity index (χ3v) is 3.16. The Morgan fingerprint density at radius 3 is 2.56 bits per heavy atom. The molecule has 8 nitrogen and oxygen atoms in total. The predicted molar refractivity (Wildman–Crippen MR) is 65.5 cm³/mol. The van der Waals surface area contributed by atoms with Gasteiger partial charge in [0.1, 0.15) is 5.82 Å². The molecule has 0 saturated heterocycles. The van der Waals surface area contributed by atoms with Crippen molar-refractivity contribution < 1.29 is 13.2 Å². The van der Waals surface area contributed by atoms with Crippen LogP contribution in [0.1, 0.15) is 5.82 Å². The Labute approximate surface area is 107 Å². The average molecular weight is 277 g/mol. The first kappa shape index (κ1) is 15.0. The second-order valence-corrected chi connectivity index (χ2v) is 5.60. The van der Waals surface area contributed by atoms with E-state index in [1.165, 1.54) is 4.57 Å². The smallest absolute Gasteiger partial charge is 0.273 e. The number of hydrogen-bond acceptors (Lipinski definition) is 6. The zero-order valence-corrected chi connectivity index (χ0v) is 11.6. The van der Waals surface area contributed by atoms with Gasteiger partial charge in [-0.1, -0.05) is 0 Å². The van der Waals surface area contributed by atoms with Crippen molar-refractivity contribution in [3.63, 3.8) is 0 Å². The van der Waals surface area contributed by atoms with Crippen LogP contribution in [0.3, 0.4) is 0 Å². The standard InChI is InChI=1S/C9H19N5O3S/c1-13(2)5-4-8-11-12-9(18(10,15)16)14(8)6-7-17-3/h4-7H2,1-3H3,(H2,10,15,16). The third kappa shape index (κ3) is 4.02. The van der Waals surface area contributed by atoms with Crippen LogP contribution in [0.4, 0.5) is 0 Å². The summed E-state index contributed by atoms with van der Waals surface area (Å²) in [5.41, 5.74) is 0. The van der Waals surface area contributed by atoms with Crippen molar-refractivity contribution in [2.45, 2.75) is 18.1 Å². The fourth-order valence-corrected chi connectivity index (χ4v) is 2.10. The van der Waals surface area contributed by atoms with E-state index in [1.807, 2.05) is 19.0 Å². The summed E-state index contributed by atoms with van der Waals surface area (Å²) in [4.78, 5) is 1.98. The van der Waals surface area contributed by atoms with Crippen molar-refractivity contribution in [3.8, 4) is 0 Å². The van der Waals surface area contributed by atoms with E-state index in [-0.39, 0.29) is 5.16 Å². The van der Waals surface area contributed by atoms with Gasteiger partial charge in [-0.3, -0.25) is 4.57 Å². The number of aromatic nitrogens is 3. The molecule has 0 atom stereocenters. The van der Waals surface area contributed by atoms with Crippen molar-refractivity contribution in [3.05, 3.63) is 5.82 Å². The Morgan fingerprint density at radius 2 is 2.06 bits per heavy atom. The van der Waals surface area contributed by atoms with Crippen LogP contribution < -0.4 is 5.14 Å². The van der Waals surface area contributed by atoms with Crippen LogP contribution in [0, 0.1) is 0 Å². The first-order valence-electron chi connectivity index (χ1n) is 5.44. The SMILES string of the molecule is COCCn1c(CCN(C)C)nnc1S(N)(=O)=O. The van der Waals surface area contributed by atoms with Gasteiger partial charge in [-0.2, -0.15) is 0 Å². The van der Waals surface area contributed by atoms with Gasteiger partial charge in [0, 0.05) is 26.6 Å². The van der Waals surface area contributed by atoms with Crippen molar-refractivity contribution in [2.24, 2.45) is 5.14 Å². The zero-order chi connectivity index (χ0) is 13.8. The second kappa shape index (κ2) is 6.23. The van der Waals surface area contributed by atoms with E-state index in [1.54, 1.807) is 7.11 Å². The van der Waals surface area contributed by atoms with Crippen molar-refractivity contribution in [1.82, 2.24) is 19.7 Å². The molecule has 1 aromatic rings. The molecule has 0 unspecified atom stereocenters. The lowest BCUT2D eigenvalue weighted by molar-refractivity contribution is 0.183. The summed E-state index contributed by atoms with van der Waals surface area (Å²) in [6, 6.07) is 0. The molecule has 0 bridgehead atoms. The number of likely N-dealkylation sites (N-methyl/N-ethyl adjacent to an activating group) is 1. The van der Waals surface area contributed by atoms with Gasteiger partial charge in [-0.25, -0.2) is 13.6 Å². The van der Waals surface area contributed by atoms with E-state index in [0.29, 0.717) is 25.4 Å². The molecule has 1 aromatic heterocycles. The first-order valence-corrected chi connectivity index (χ1v) is 6.99. The summed E-state index contributed by atoms with van der Waals surface area (Å²) in [6.45, 7) is 1.48. The lowest BCUT2D eigenvalue weighted by Crippen LogP contribution is -2.22.